The molecule has 0 saturated carbocycles. The molecule has 2 aliphatic rings. The monoisotopic (exact) mass is 393 g/mol. The smallest absolute Gasteiger partial charge is 0.0483 e. The third kappa shape index (κ3) is 4.64. The number of hydrogen-bond acceptors (Lipinski definition) is 3. The minimum Gasteiger partial charge on any atom is -0.379 e. The highest BCUT2D eigenvalue weighted by Gasteiger charge is 2.36. The SMILES string of the molecule is C1=CC(Nc2ccccc2)CC=C1Nc1ccc(CC2NC2c2ccccc2)cc1. The van der Waals surface area contributed by atoms with Crippen molar-refractivity contribution in [1.29, 1.82) is 0 Å². The molecule has 1 aliphatic carbocycles. The zero-order chi connectivity index (χ0) is 20.2. The Kier molecular flexibility index (Phi) is 5.36. The van der Waals surface area contributed by atoms with Gasteiger partial charge in [0, 0.05) is 35.2 Å². The van der Waals surface area contributed by atoms with E-state index in [-0.39, 0.29) is 0 Å². The molecule has 3 aromatic rings. The van der Waals surface area contributed by atoms with E-state index in [4.69, 9.17) is 0 Å². The van der Waals surface area contributed by atoms with Crippen LogP contribution in [0.1, 0.15) is 23.6 Å². The van der Waals surface area contributed by atoms with Gasteiger partial charge in [0.1, 0.15) is 0 Å². The molecule has 3 nitrogen and oxygen atoms in total. The summed E-state index contributed by atoms with van der Waals surface area (Å²) in [6.45, 7) is 0. The molecule has 150 valence electrons. The first-order chi connectivity index (χ1) is 14.8. The van der Waals surface area contributed by atoms with Crippen molar-refractivity contribution in [3.8, 4) is 0 Å². The summed E-state index contributed by atoms with van der Waals surface area (Å²) in [6.07, 6.45) is 8.69. The highest BCUT2D eigenvalue weighted by Crippen LogP contribution is 2.32. The van der Waals surface area contributed by atoms with Crippen LogP contribution >= 0.6 is 0 Å². The molecular formula is C27H27N3. The first-order valence-electron chi connectivity index (χ1n) is 10.7. The summed E-state index contributed by atoms with van der Waals surface area (Å²) in [7, 11) is 0. The molecule has 5 rings (SSSR count). The third-order valence-electron chi connectivity index (χ3n) is 5.77. The third-order valence-corrected chi connectivity index (χ3v) is 5.77. The lowest BCUT2D eigenvalue weighted by molar-refractivity contribution is 0.874. The molecule has 3 aromatic carbocycles. The van der Waals surface area contributed by atoms with Crippen molar-refractivity contribution < 1.29 is 0 Å². The van der Waals surface area contributed by atoms with E-state index >= 15 is 0 Å². The van der Waals surface area contributed by atoms with E-state index in [1.165, 1.54) is 11.1 Å². The fraction of sp³-hybridized carbons (Fsp3) is 0.185. The normalized spacial score (nSPS) is 22.3. The lowest BCUT2D eigenvalue weighted by Gasteiger charge is -2.19. The fourth-order valence-electron chi connectivity index (χ4n) is 4.05. The maximum atomic E-state index is 3.60. The fourth-order valence-corrected chi connectivity index (χ4v) is 4.05. The van der Waals surface area contributed by atoms with Gasteiger partial charge in [-0.05, 0) is 54.3 Å². The van der Waals surface area contributed by atoms with Crippen LogP contribution in [0.5, 0.6) is 0 Å². The summed E-state index contributed by atoms with van der Waals surface area (Å²) in [5, 5.41) is 10.7. The second kappa shape index (κ2) is 8.60. The lowest BCUT2D eigenvalue weighted by Crippen LogP contribution is -2.18. The minimum atomic E-state index is 0.337. The molecule has 1 fully saturated rings. The van der Waals surface area contributed by atoms with Gasteiger partial charge in [0.15, 0.2) is 0 Å². The van der Waals surface area contributed by atoms with Crippen LogP contribution in [-0.2, 0) is 6.42 Å². The first kappa shape index (κ1) is 18.7. The van der Waals surface area contributed by atoms with Crippen molar-refractivity contribution >= 4 is 11.4 Å². The maximum absolute atomic E-state index is 3.60. The molecular weight excluding hydrogens is 366 g/mol. The van der Waals surface area contributed by atoms with Crippen molar-refractivity contribution in [2.75, 3.05) is 10.6 Å². The van der Waals surface area contributed by atoms with Crippen LogP contribution in [0.25, 0.3) is 0 Å². The van der Waals surface area contributed by atoms with E-state index in [0.29, 0.717) is 18.1 Å². The van der Waals surface area contributed by atoms with Crippen LogP contribution in [0.4, 0.5) is 11.4 Å². The Bertz CT molecular complexity index is 1020. The van der Waals surface area contributed by atoms with E-state index in [1.54, 1.807) is 0 Å². The predicted octanol–water partition coefficient (Wildman–Crippen LogP) is 5.68. The van der Waals surface area contributed by atoms with Gasteiger partial charge in [-0.3, -0.25) is 0 Å². The summed E-state index contributed by atoms with van der Waals surface area (Å²) in [5.74, 6) is 0. The van der Waals surface area contributed by atoms with Gasteiger partial charge in [-0.2, -0.15) is 0 Å². The number of allylic oxidation sites excluding steroid dienone is 1. The number of hydrogen-bond donors (Lipinski definition) is 3. The number of benzene rings is 3. The van der Waals surface area contributed by atoms with Gasteiger partial charge in [0.2, 0.25) is 0 Å². The van der Waals surface area contributed by atoms with Crippen molar-refractivity contribution in [2.45, 2.75) is 31.0 Å². The highest BCUT2D eigenvalue weighted by molar-refractivity contribution is 5.53. The molecule has 0 bridgehead atoms. The van der Waals surface area contributed by atoms with E-state index in [0.717, 1.165) is 29.9 Å². The number of nitrogens with one attached hydrogen (secondary N) is 3. The van der Waals surface area contributed by atoms with Gasteiger partial charge in [-0.15, -0.1) is 0 Å². The summed E-state index contributed by atoms with van der Waals surface area (Å²) < 4.78 is 0. The summed E-state index contributed by atoms with van der Waals surface area (Å²) in [4.78, 5) is 0. The van der Waals surface area contributed by atoms with Crippen molar-refractivity contribution in [3.05, 3.63) is 120 Å². The van der Waals surface area contributed by atoms with E-state index in [9.17, 15) is 0 Å². The van der Waals surface area contributed by atoms with E-state index in [1.807, 2.05) is 6.07 Å². The molecule has 1 heterocycles. The molecule has 3 heteroatoms. The quantitative estimate of drug-likeness (QED) is 0.453. The Morgan fingerprint density at radius 1 is 0.800 bits per heavy atom. The molecule has 3 unspecified atom stereocenters. The lowest BCUT2D eigenvalue weighted by atomic mass is 10.0. The van der Waals surface area contributed by atoms with Crippen molar-refractivity contribution in [3.63, 3.8) is 0 Å². The van der Waals surface area contributed by atoms with Crippen LogP contribution in [0.2, 0.25) is 0 Å². The van der Waals surface area contributed by atoms with Crippen LogP contribution in [-0.4, -0.2) is 12.1 Å². The molecule has 0 aromatic heterocycles. The standard InChI is InChI=1S/C27H27N3/c1-3-7-21(8-4-1)27-26(30-27)19-20-11-13-23(14-12-20)29-25-17-15-24(16-18-25)28-22-9-5-2-6-10-22/h1-15,17-18,24,26-30H,16,19H2. The Balaban J connectivity index is 1.11. The number of rotatable bonds is 7. The zero-order valence-electron chi connectivity index (χ0n) is 17.0. The molecule has 0 spiro atoms. The minimum absolute atomic E-state index is 0.337. The molecule has 1 aliphatic heterocycles. The average molecular weight is 394 g/mol. The molecule has 1 saturated heterocycles. The predicted molar refractivity (Wildman–Crippen MR) is 126 cm³/mol. The second-order valence-electron chi connectivity index (χ2n) is 8.06. The Morgan fingerprint density at radius 3 is 2.23 bits per heavy atom. The molecule has 3 N–H and O–H groups in total. The van der Waals surface area contributed by atoms with Crippen LogP contribution < -0.4 is 16.0 Å². The Hall–Kier alpha value is -3.30. The molecule has 0 radical (unpaired) electrons. The highest BCUT2D eigenvalue weighted by atomic mass is 15.1. The van der Waals surface area contributed by atoms with Crippen LogP contribution in [0.15, 0.2) is 109 Å². The van der Waals surface area contributed by atoms with Crippen molar-refractivity contribution in [1.82, 2.24) is 5.32 Å². The molecule has 3 atom stereocenters. The van der Waals surface area contributed by atoms with Gasteiger partial charge < -0.3 is 16.0 Å². The maximum Gasteiger partial charge on any atom is 0.0483 e. The van der Waals surface area contributed by atoms with Gasteiger partial charge in [-0.1, -0.05) is 72.8 Å². The first-order valence-corrected chi connectivity index (χ1v) is 10.7. The zero-order valence-corrected chi connectivity index (χ0v) is 17.0. The van der Waals surface area contributed by atoms with Crippen molar-refractivity contribution in [2.24, 2.45) is 0 Å². The molecule has 0 amide bonds. The van der Waals surface area contributed by atoms with E-state index < -0.39 is 0 Å². The average Bonchev–Trinajstić information content (AvgIpc) is 3.57. The van der Waals surface area contributed by atoms with Gasteiger partial charge in [0.25, 0.3) is 0 Å². The Morgan fingerprint density at radius 2 is 1.53 bits per heavy atom. The van der Waals surface area contributed by atoms with E-state index in [2.05, 4.69) is 113 Å². The van der Waals surface area contributed by atoms with Crippen LogP contribution in [0.3, 0.4) is 0 Å². The second-order valence-corrected chi connectivity index (χ2v) is 8.06. The van der Waals surface area contributed by atoms with Gasteiger partial charge >= 0.3 is 0 Å². The number of anilines is 2. The number of para-hydroxylation sites is 1. The Labute approximate surface area is 178 Å². The molecule has 30 heavy (non-hydrogen) atoms. The summed E-state index contributed by atoms with van der Waals surface area (Å²) in [5.41, 5.74) is 6.20. The summed E-state index contributed by atoms with van der Waals surface area (Å²) in [6, 6.07) is 31.3. The van der Waals surface area contributed by atoms with Gasteiger partial charge in [-0.25, -0.2) is 0 Å². The van der Waals surface area contributed by atoms with Crippen LogP contribution in [0, 0.1) is 0 Å². The topological polar surface area (TPSA) is 46.0 Å². The summed E-state index contributed by atoms with van der Waals surface area (Å²) >= 11 is 0. The van der Waals surface area contributed by atoms with Gasteiger partial charge in [0.05, 0.1) is 0 Å². The largest absolute Gasteiger partial charge is 0.379 e.